The van der Waals surface area contributed by atoms with Crippen LogP contribution in [0.1, 0.15) is 18.1 Å². The van der Waals surface area contributed by atoms with Crippen molar-refractivity contribution in [2.75, 3.05) is 17.2 Å². The van der Waals surface area contributed by atoms with Crippen molar-refractivity contribution < 1.29 is 4.79 Å². The number of amides is 1. The van der Waals surface area contributed by atoms with Crippen LogP contribution < -0.4 is 10.6 Å². The number of nitrogens with one attached hydrogen (secondary N) is 2. The largest absolute Gasteiger partial charge is 0.376 e. The first-order valence-corrected chi connectivity index (χ1v) is 6.88. The zero-order valence-electron chi connectivity index (χ0n) is 11.9. The molecule has 0 spiro atoms. The highest BCUT2D eigenvalue weighted by Gasteiger charge is 2.08. The molecule has 2 aromatic rings. The lowest BCUT2D eigenvalue weighted by molar-refractivity contribution is -0.114. The first kappa shape index (κ1) is 14.1. The van der Waals surface area contributed by atoms with Gasteiger partial charge in [-0.25, -0.2) is 0 Å². The number of hydrogen-bond donors (Lipinski definition) is 2. The minimum Gasteiger partial charge on any atom is -0.376 e. The molecular weight excluding hydrogens is 248 g/mol. The van der Waals surface area contributed by atoms with E-state index >= 15 is 0 Å². The fourth-order valence-corrected chi connectivity index (χ4v) is 2.12. The van der Waals surface area contributed by atoms with Crippen LogP contribution in [0.4, 0.5) is 11.4 Å². The number of carbonyl (C=O) groups is 1. The number of hydrogen-bond acceptors (Lipinski definition) is 2. The first-order valence-electron chi connectivity index (χ1n) is 6.88. The SMILES string of the molecule is CCc1cccc(C)c1NC(=O)CNc1ccccc1. The second kappa shape index (κ2) is 6.75. The normalized spacial score (nSPS) is 10.1. The topological polar surface area (TPSA) is 41.1 Å². The Bertz CT molecular complexity index is 579. The maximum absolute atomic E-state index is 12.0. The summed E-state index contributed by atoms with van der Waals surface area (Å²) in [5.41, 5.74) is 4.15. The van der Waals surface area contributed by atoms with Crippen molar-refractivity contribution in [2.45, 2.75) is 20.3 Å². The monoisotopic (exact) mass is 268 g/mol. The number of benzene rings is 2. The smallest absolute Gasteiger partial charge is 0.243 e. The van der Waals surface area contributed by atoms with Crippen molar-refractivity contribution in [3.63, 3.8) is 0 Å². The molecule has 0 fully saturated rings. The number of rotatable bonds is 5. The predicted molar refractivity (Wildman–Crippen MR) is 84.1 cm³/mol. The lowest BCUT2D eigenvalue weighted by Gasteiger charge is -2.13. The Balaban J connectivity index is 1.98. The van der Waals surface area contributed by atoms with Crippen molar-refractivity contribution >= 4 is 17.3 Å². The van der Waals surface area contributed by atoms with Crippen LogP contribution >= 0.6 is 0 Å². The van der Waals surface area contributed by atoms with Crippen LogP contribution in [0, 0.1) is 6.92 Å². The number of para-hydroxylation sites is 2. The molecule has 0 radical (unpaired) electrons. The molecule has 0 saturated heterocycles. The summed E-state index contributed by atoms with van der Waals surface area (Å²) in [7, 11) is 0. The van der Waals surface area contributed by atoms with Crippen molar-refractivity contribution in [1.29, 1.82) is 0 Å². The van der Waals surface area contributed by atoms with Crippen LogP contribution in [0.25, 0.3) is 0 Å². The van der Waals surface area contributed by atoms with Gasteiger partial charge in [0.05, 0.1) is 6.54 Å². The van der Waals surface area contributed by atoms with E-state index in [9.17, 15) is 4.79 Å². The Labute approximate surface area is 120 Å². The van der Waals surface area contributed by atoms with E-state index in [1.807, 2.05) is 55.5 Å². The standard InChI is InChI=1S/C17H20N2O/c1-3-14-9-7-8-13(2)17(14)19-16(20)12-18-15-10-5-4-6-11-15/h4-11,18H,3,12H2,1-2H3,(H,19,20). The second-order valence-electron chi connectivity index (χ2n) is 4.73. The van der Waals surface area contributed by atoms with Crippen molar-refractivity contribution in [1.82, 2.24) is 0 Å². The Hall–Kier alpha value is -2.29. The van der Waals surface area contributed by atoms with Gasteiger partial charge < -0.3 is 10.6 Å². The summed E-state index contributed by atoms with van der Waals surface area (Å²) in [4.78, 5) is 12.0. The van der Waals surface area contributed by atoms with Gasteiger partial charge >= 0.3 is 0 Å². The molecule has 0 aromatic heterocycles. The van der Waals surface area contributed by atoms with Crippen LogP contribution in [-0.4, -0.2) is 12.5 Å². The van der Waals surface area contributed by atoms with Gasteiger partial charge in [0.1, 0.15) is 0 Å². The summed E-state index contributed by atoms with van der Waals surface area (Å²) in [6.07, 6.45) is 0.906. The minimum absolute atomic E-state index is 0.0298. The molecule has 1 amide bonds. The van der Waals surface area contributed by atoms with E-state index in [1.54, 1.807) is 0 Å². The van der Waals surface area contributed by atoms with Gasteiger partial charge in [-0.3, -0.25) is 4.79 Å². The molecule has 0 atom stereocenters. The highest BCUT2D eigenvalue weighted by atomic mass is 16.1. The molecule has 0 aliphatic carbocycles. The highest BCUT2D eigenvalue weighted by molar-refractivity contribution is 5.95. The Kier molecular flexibility index (Phi) is 4.77. The van der Waals surface area contributed by atoms with Gasteiger partial charge in [0.25, 0.3) is 0 Å². The Morgan fingerprint density at radius 1 is 1.05 bits per heavy atom. The molecule has 3 heteroatoms. The quantitative estimate of drug-likeness (QED) is 0.869. The summed E-state index contributed by atoms with van der Waals surface area (Å²) in [5, 5.41) is 6.11. The summed E-state index contributed by atoms with van der Waals surface area (Å²) in [6, 6.07) is 15.8. The van der Waals surface area contributed by atoms with E-state index in [2.05, 4.69) is 17.6 Å². The van der Waals surface area contributed by atoms with Gasteiger partial charge in [-0.1, -0.05) is 43.3 Å². The molecular formula is C17H20N2O. The van der Waals surface area contributed by atoms with E-state index < -0.39 is 0 Å². The molecule has 2 rings (SSSR count). The molecule has 0 aliphatic rings. The fourth-order valence-electron chi connectivity index (χ4n) is 2.12. The van der Waals surface area contributed by atoms with E-state index in [4.69, 9.17) is 0 Å². The summed E-state index contributed by atoms with van der Waals surface area (Å²) in [5.74, 6) is -0.0298. The lowest BCUT2D eigenvalue weighted by Crippen LogP contribution is -2.22. The lowest BCUT2D eigenvalue weighted by atomic mass is 10.1. The molecule has 0 aliphatic heterocycles. The van der Waals surface area contributed by atoms with Crippen LogP contribution in [0.15, 0.2) is 48.5 Å². The second-order valence-corrected chi connectivity index (χ2v) is 4.73. The van der Waals surface area contributed by atoms with Gasteiger partial charge in [0, 0.05) is 11.4 Å². The zero-order valence-corrected chi connectivity index (χ0v) is 11.9. The summed E-state index contributed by atoms with van der Waals surface area (Å²) >= 11 is 0. The van der Waals surface area contributed by atoms with E-state index in [-0.39, 0.29) is 12.5 Å². The van der Waals surface area contributed by atoms with Crippen LogP contribution in [0.5, 0.6) is 0 Å². The molecule has 20 heavy (non-hydrogen) atoms. The Morgan fingerprint density at radius 3 is 2.50 bits per heavy atom. The van der Waals surface area contributed by atoms with Gasteiger partial charge in [-0.2, -0.15) is 0 Å². The maximum atomic E-state index is 12.0. The first-order chi connectivity index (χ1) is 9.70. The molecule has 0 saturated carbocycles. The van der Waals surface area contributed by atoms with E-state index in [0.29, 0.717) is 0 Å². The van der Waals surface area contributed by atoms with Gasteiger partial charge in [-0.05, 0) is 36.6 Å². The molecule has 0 heterocycles. The summed E-state index contributed by atoms with van der Waals surface area (Å²) < 4.78 is 0. The van der Waals surface area contributed by atoms with Crippen molar-refractivity contribution in [3.05, 3.63) is 59.7 Å². The predicted octanol–water partition coefficient (Wildman–Crippen LogP) is 3.61. The van der Waals surface area contributed by atoms with Gasteiger partial charge in [-0.15, -0.1) is 0 Å². The molecule has 104 valence electrons. The molecule has 0 unspecified atom stereocenters. The highest BCUT2D eigenvalue weighted by Crippen LogP contribution is 2.20. The number of anilines is 2. The molecule has 0 bridgehead atoms. The van der Waals surface area contributed by atoms with Crippen molar-refractivity contribution in [2.24, 2.45) is 0 Å². The number of aryl methyl sites for hydroxylation is 2. The molecule has 3 nitrogen and oxygen atoms in total. The zero-order chi connectivity index (χ0) is 14.4. The third-order valence-electron chi connectivity index (χ3n) is 3.23. The third-order valence-corrected chi connectivity index (χ3v) is 3.23. The average molecular weight is 268 g/mol. The van der Waals surface area contributed by atoms with Crippen LogP contribution in [-0.2, 0) is 11.2 Å². The van der Waals surface area contributed by atoms with Crippen LogP contribution in [0.3, 0.4) is 0 Å². The average Bonchev–Trinajstić information content (AvgIpc) is 2.48. The molecule has 2 N–H and O–H groups in total. The van der Waals surface area contributed by atoms with E-state index in [0.717, 1.165) is 28.9 Å². The summed E-state index contributed by atoms with van der Waals surface area (Å²) in [6.45, 7) is 4.37. The third kappa shape index (κ3) is 3.60. The van der Waals surface area contributed by atoms with Crippen molar-refractivity contribution in [3.8, 4) is 0 Å². The number of carbonyl (C=O) groups excluding carboxylic acids is 1. The van der Waals surface area contributed by atoms with Crippen LogP contribution in [0.2, 0.25) is 0 Å². The maximum Gasteiger partial charge on any atom is 0.243 e. The minimum atomic E-state index is -0.0298. The fraction of sp³-hybridized carbons (Fsp3) is 0.235. The molecule has 2 aromatic carbocycles. The van der Waals surface area contributed by atoms with E-state index in [1.165, 1.54) is 0 Å². The van der Waals surface area contributed by atoms with Gasteiger partial charge in [0.2, 0.25) is 5.91 Å². The Morgan fingerprint density at radius 2 is 1.80 bits per heavy atom. The van der Waals surface area contributed by atoms with Gasteiger partial charge in [0.15, 0.2) is 0 Å².